The summed E-state index contributed by atoms with van der Waals surface area (Å²) in [6.07, 6.45) is 2.37. The van der Waals surface area contributed by atoms with Gasteiger partial charge in [0.2, 0.25) is 0 Å². The van der Waals surface area contributed by atoms with Gasteiger partial charge in [0.15, 0.2) is 23.5 Å². The van der Waals surface area contributed by atoms with Crippen LogP contribution in [-0.4, -0.2) is 21.2 Å². The highest BCUT2D eigenvalue weighted by Crippen LogP contribution is 2.20. The fourth-order valence-electron chi connectivity index (χ4n) is 0.910. The maximum atomic E-state index is 10.6. The van der Waals surface area contributed by atoms with Crippen molar-refractivity contribution in [2.75, 3.05) is 0 Å². The zero-order valence-corrected chi connectivity index (χ0v) is 6.30. The van der Waals surface area contributed by atoms with Gasteiger partial charge >= 0.3 is 5.97 Å². The van der Waals surface area contributed by atoms with E-state index in [-0.39, 0.29) is 11.5 Å². The lowest BCUT2D eigenvalue weighted by atomic mass is 10.3. The summed E-state index contributed by atoms with van der Waals surface area (Å²) < 4.78 is 9.40. The molecule has 66 valence electrons. The van der Waals surface area contributed by atoms with Crippen LogP contribution in [-0.2, 0) is 0 Å². The third kappa shape index (κ3) is 1.18. The number of aromatic nitrogens is 2. The fourth-order valence-corrected chi connectivity index (χ4v) is 0.910. The van der Waals surface area contributed by atoms with E-state index in [1.54, 1.807) is 0 Å². The van der Waals surface area contributed by atoms with Crippen LogP contribution in [0, 0.1) is 0 Å². The Hall–Kier alpha value is -2.11. The van der Waals surface area contributed by atoms with E-state index in [0.29, 0.717) is 5.69 Å². The summed E-state index contributed by atoms with van der Waals surface area (Å²) in [7, 11) is 0. The normalized spacial score (nSPS) is 10.2. The van der Waals surface area contributed by atoms with E-state index < -0.39 is 5.97 Å². The second-order valence-corrected chi connectivity index (χ2v) is 2.22. The van der Waals surface area contributed by atoms with Crippen LogP contribution in [0.5, 0.6) is 0 Å². The molecule has 0 unspecified atom stereocenters. The molecule has 0 radical (unpaired) electrons. The quantitative estimate of drug-likeness (QED) is 0.742. The standard InChI is InChI=1S/C7H4N2O4/c10-7(11)5-6(12-3-8-5)4-1-2-13-9-4/h1-3H,(H,10,11). The molecule has 0 bridgehead atoms. The van der Waals surface area contributed by atoms with Crippen LogP contribution in [0.1, 0.15) is 10.5 Å². The average molecular weight is 180 g/mol. The number of oxazole rings is 1. The molecule has 0 saturated carbocycles. The molecule has 2 aromatic heterocycles. The molecule has 0 fully saturated rings. The molecular weight excluding hydrogens is 176 g/mol. The lowest BCUT2D eigenvalue weighted by Crippen LogP contribution is -1.98. The lowest BCUT2D eigenvalue weighted by Gasteiger charge is -1.88. The van der Waals surface area contributed by atoms with E-state index in [1.165, 1.54) is 12.3 Å². The summed E-state index contributed by atoms with van der Waals surface area (Å²) in [5.41, 5.74) is 0.142. The van der Waals surface area contributed by atoms with Gasteiger partial charge in [0.25, 0.3) is 0 Å². The highest BCUT2D eigenvalue weighted by molar-refractivity contribution is 5.91. The Bertz CT molecular complexity index is 417. The summed E-state index contributed by atoms with van der Waals surface area (Å²) in [6, 6.07) is 1.49. The first-order valence-corrected chi connectivity index (χ1v) is 3.36. The van der Waals surface area contributed by atoms with E-state index >= 15 is 0 Å². The lowest BCUT2D eigenvalue weighted by molar-refractivity contribution is 0.0691. The zero-order valence-electron chi connectivity index (χ0n) is 6.30. The monoisotopic (exact) mass is 180 g/mol. The molecule has 0 amide bonds. The van der Waals surface area contributed by atoms with Gasteiger partial charge in [-0.2, -0.15) is 0 Å². The number of nitrogens with zero attached hydrogens (tertiary/aromatic N) is 2. The summed E-state index contributed by atoms with van der Waals surface area (Å²) in [4.78, 5) is 14.1. The number of carboxylic acid groups (broad SMARTS) is 1. The van der Waals surface area contributed by atoms with Crippen LogP contribution in [0.2, 0.25) is 0 Å². The van der Waals surface area contributed by atoms with E-state index in [1.807, 2.05) is 0 Å². The largest absolute Gasteiger partial charge is 0.476 e. The molecule has 13 heavy (non-hydrogen) atoms. The molecule has 1 N–H and O–H groups in total. The number of aromatic carboxylic acids is 1. The maximum Gasteiger partial charge on any atom is 0.358 e. The van der Waals surface area contributed by atoms with Crippen LogP contribution in [0.25, 0.3) is 11.5 Å². The molecule has 0 aliphatic rings. The third-order valence-electron chi connectivity index (χ3n) is 1.44. The van der Waals surface area contributed by atoms with Gasteiger partial charge in [-0.15, -0.1) is 0 Å². The van der Waals surface area contributed by atoms with E-state index in [4.69, 9.17) is 9.52 Å². The van der Waals surface area contributed by atoms with Gasteiger partial charge in [-0.1, -0.05) is 5.16 Å². The number of carboxylic acids is 1. The van der Waals surface area contributed by atoms with Gasteiger partial charge in [0, 0.05) is 6.07 Å². The summed E-state index contributed by atoms with van der Waals surface area (Å²) in [6.45, 7) is 0. The van der Waals surface area contributed by atoms with Crippen molar-refractivity contribution >= 4 is 5.97 Å². The summed E-state index contributed by atoms with van der Waals surface area (Å²) in [5.74, 6) is -1.06. The SMILES string of the molecule is O=C(O)c1ncoc1-c1ccon1. The minimum atomic E-state index is -1.16. The number of hydrogen-bond acceptors (Lipinski definition) is 5. The number of rotatable bonds is 2. The molecule has 0 aliphatic carbocycles. The minimum absolute atomic E-state index is 0.0984. The van der Waals surface area contributed by atoms with Crippen molar-refractivity contribution in [2.24, 2.45) is 0 Å². The van der Waals surface area contributed by atoms with Crippen molar-refractivity contribution < 1.29 is 18.8 Å². The molecule has 6 heteroatoms. The Morgan fingerprint density at radius 1 is 1.54 bits per heavy atom. The van der Waals surface area contributed by atoms with Gasteiger partial charge in [0.1, 0.15) is 6.26 Å². The van der Waals surface area contributed by atoms with Gasteiger partial charge in [-0.3, -0.25) is 0 Å². The van der Waals surface area contributed by atoms with Crippen LogP contribution >= 0.6 is 0 Å². The first-order valence-electron chi connectivity index (χ1n) is 3.36. The third-order valence-corrected chi connectivity index (χ3v) is 1.44. The van der Waals surface area contributed by atoms with Crippen LogP contribution in [0.15, 0.2) is 27.7 Å². The van der Waals surface area contributed by atoms with Crippen LogP contribution in [0.4, 0.5) is 0 Å². The molecule has 2 rings (SSSR count). The second kappa shape index (κ2) is 2.74. The van der Waals surface area contributed by atoms with E-state index in [2.05, 4.69) is 14.7 Å². The second-order valence-electron chi connectivity index (χ2n) is 2.22. The van der Waals surface area contributed by atoms with Gasteiger partial charge < -0.3 is 14.0 Å². The van der Waals surface area contributed by atoms with Crippen molar-refractivity contribution in [3.63, 3.8) is 0 Å². The summed E-state index contributed by atoms with van der Waals surface area (Å²) in [5, 5.41) is 12.2. The molecule has 0 aliphatic heterocycles. The Morgan fingerprint density at radius 2 is 2.38 bits per heavy atom. The molecular formula is C7H4N2O4. The highest BCUT2D eigenvalue weighted by atomic mass is 16.5. The Kier molecular flexibility index (Phi) is 1.59. The Labute approximate surface area is 71.8 Å². The summed E-state index contributed by atoms with van der Waals surface area (Å²) >= 11 is 0. The van der Waals surface area contributed by atoms with Crippen molar-refractivity contribution in [1.29, 1.82) is 0 Å². The highest BCUT2D eigenvalue weighted by Gasteiger charge is 2.18. The van der Waals surface area contributed by atoms with Gasteiger partial charge in [-0.25, -0.2) is 9.78 Å². The predicted octanol–water partition coefficient (Wildman–Crippen LogP) is 1.03. The Balaban J connectivity index is 2.52. The molecule has 0 atom stereocenters. The van der Waals surface area contributed by atoms with Crippen LogP contribution in [0.3, 0.4) is 0 Å². The predicted molar refractivity (Wildman–Crippen MR) is 39.0 cm³/mol. The number of hydrogen-bond donors (Lipinski definition) is 1. The molecule has 6 nitrogen and oxygen atoms in total. The van der Waals surface area contributed by atoms with Crippen molar-refractivity contribution in [2.45, 2.75) is 0 Å². The smallest absolute Gasteiger partial charge is 0.358 e. The zero-order chi connectivity index (χ0) is 9.26. The molecule has 0 spiro atoms. The first kappa shape index (κ1) is 7.53. The van der Waals surface area contributed by atoms with Gasteiger partial charge in [-0.05, 0) is 0 Å². The van der Waals surface area contributed by atoms with Crippen molar-refractivity contribution in [3.05, 3.63) is 24.4 Å². The molecule has 2 heterocycles. The fraction of sp³-hybridized carbons (Fsp3) is 0. The van der Waals surface area contributed by atoms with E-state index in [0.717, 1.165) is 6.39 Å². The van der Waals surface area contributed by atoms with E-state index in [9.17, 15) is 4.79 Å². The molecule has 0 aromatic carbocycles. The molecule has 0 saturated heterocycles. The first-order chi connectivity index (χ1) is 6.29. The maximum absolute atomic E-state index is 10.6. The van der Waals surface area contributed by atoms with Gasteiger partial charge in [0.05, 0.1) is 0 Å². The minimum Gasteiger partial charge on any atom is -0.476 e. The van der Waals surface area contributed by atoms with Crippen molar-refractivity contribution in [1.82, 2.24) is 10.1 Å². The molecule has 2 aromatic rings. The topological polar surface area (TPSA) is 89.4 Å². The average Bonchev–Trinajstić information content (AvgIpc) is 2.74. The van der Waals surface area contributed by atoms with Crippen molar-refractivity contribution in [3.8, 4) is 11.5 Å². The van der Waals surface area contributed by atoms with Crippen LogP contribution < -0.4 is 0 Å². The number of carbonyl (C=O) groups is 1. The Morgan fingerprint density at radius 3 is 3.00 bits per heavy atom.